The van der Waals surface area contributed by atoms with Crippen molar-refractivity contribution in [1.82, 2.24) is 4.98 Å². The van der Waals surface area contributed by atoms with E-state index in [2.05, 4.69) is 17.2 Å². The number of hydrogen-bond acceptors (Lipinski definition) is 4. The van der Waals surface area contributed by atoms with Crippen LogP contribution in [-0.4, -0.2) is 25.1 Å². The molecule has 0 bridgehead atoms. The van der Waals surface area contributed by atoms with Crippen LogP contribution in [0.15, 0.2) is 29.1 Å². The number of nitrogens with one attached hydrogen (secondary N) is 2. The maximum Gasteiger partial charge on any atom is 0.261 e. The van der Waals surface area contributed by atoms with Crippen molar-refractivity contribution < 1.29 is 14.3 Å². The van der Waals surface area contributed by atoms with Gasteiger partial charge in [0.15, 0.2) is 0 Å². The fourth-order valence-electron chi connectivity index (χ4n) is 3.13. The average Bonchev–Trinajstić information content (AvgIpc) is 2.60. The van der Waals surface area contributed by atoms with Crippen LogP contribution in [0.25, 0.3) is 0 Å². The van der Waals surface area contributed by atoms with Crippen molar-refractivity contribution >= 4 is 11.6 Å². The molecule has 6 heteroatoms. The molecule has 0 saturated heterocycles. The highest BCUT2D eigenvalue weighted by Gasteiger charge is 2.20. The second kappa shape index (κ2) is 7.01. The van der Waals surface area contributed by atoms with Crippen LogP contribution >= 0.6 is 0 Å². The summed E-state index contributed by atoms with van der Waals surface area (Å²) in [4.78, 5) is 27.7. The summed E-state index contributed by atoms with van der Waals surface area (Å²) in [6, 6.07) is 6.78. The Labute approximate surface area is 146 Å². The third-order valence-electron chi connectivity index (χ3n) is 4.52. The Hall–Kier alpha value is -2.76. The molecule has 0 saturated carbocycles. The van der Waals surface area contributed by atoms with Gasteiger partial charge in [0.1, 0.15) is 17.1 Å². The third-order valence-corrected chi connectivity index (χ3v) is 4.52. The number of hydrogen-bond donors (Lipinski definition) is 2. The van der Waals surface area contributed by atoms with Gasteiger partial charge in [0, 0.05) is 29.6 Å². The van der Waals surface area contributed by atoms with E-state index >= 15 is 0 Å². The maximum absolute atomic E-state index is 12.6. The molecule has 3 rings (SSSR count). The lowest BCUT2D eigenvalue weighted by Crippen LogP contribution is -2.27. The van der Waals surface area contributed by atoms with Gasteiger partial charge in [-0.3, -0.25) is 9.59 Å². The molecule has 1 heterocycles. The monoisotopic (exact) mass is 342 g/mol. The number of methoxy groups -OCH3 is 2. The van der Waals surface area contributed by atoms with Gasteiger partial charge in [-0.05, 0) is 36.8 Å². The van der Waals surface area contributed by atoms with Gasteiger partial charge in [-0.1, -0.05) is 6.92 Å². The first-order valence-electron chi connectivity index (χ1n) is 8.29. The quantitative estimate of drug-likeness (QED) is 0.895. The number of amides is 1. The van der Waals surface area contributed by atoms with Crippen LogP contribution in [0.2, 0.25) is 0 Å². The molecule has 1 atom stereocenters. The molecule has 132 valence electrons. The van der Waals surface area contributed by atoms with Crippen LogP contribution < -0.4 is 20.3 Å². The summed E-state index contributed by atoms with van der Waals surface area (Å²) in [6.07, 6.45) is 2.78. The van der Waals surface area contributed by atoms with E-state index in [-0.39, 0.29) is 11.1 Å². The number of H-pyrrole nitrogens is 1. The highest BCUT2D eigenvalue weighted by atomic mass is 16.5. The van der Waals surface area contributed by atoms with E-state index in [0.717, 1.165) is 30.5 Å². The number of ether oxygens (including phenoxy) is 2. The molecule has 1 amide bonds. The van der Waals surface area contributed by atoms with Gasteiger partial charge in [0.05, 0.1) is 14.2 Å². The number of pyridine rings is 1. The minimum absolute atomic E-state index is 0.120. The summed E-state index contributed by atoms with van der Waals surface area (Å²) in [5, 5.41) is 2.75. The smallest absolute Gasteiger partial charge is 0.261 e. The summed E-state index contributed by atoms with van der Waals surface area (Å²) < 4.78 is 10.4. The predicted molar refractivity (Wildman–Crippen MR) is 95.8 cm³/mol. The number of anilines is 1. The lowest BCUT2D eigenvalue weighted by atomic mass is 9.87. The van der Waals surface area contributed by atoms with E-state index in [9.17, 15) is 9.59 Å². The van der Waals surface area contributed by atoms with E-state index in [1.807, 2.05) is 0 Å². The van der Waals surface area contributed by atoms with Crippen molar-refractivity contribution in [3.63, 3.8) is 0 Å². The standard InChI is InChI=1S/C19H22N2O4/c1-11-4-5-17-12(6-11)7-16(19(23)21-17)18(22)20-13-8-14(24-2)10-15(9-13)25-3/h7-11H,4-6H2,1-3H3,(H,20,22)(H,21,23). The minimum atomic E-state index is -0.447. The van der Waals surface area contributed by atoms with Gasteiger partial charge in [0.25, 0.3) is 11.5 Å². The molecule has 6 nitrogen and oxygen atoms in total. The molecule has 1 unspecified atom stereocenters. The minimum Gasteiger partial charge on any atom is -0.497 e. The summed E-state index contributed by atoms with van der Waals surface area (Å²) in [7, 11) is 3.07. The van der Waals surface area contributed by atoms with E-state index < -0.39 is 5.91 Å². The number of carbonyl (C=O) groups excluding carboxylic acids is 1. The summed E-state index contributed by atoms with van der Waals surface area (Å²) in [5.41, 5.74) is 2.26. The summed E-state index contributed by atoms with van der Waals surface area (Å²) in [5.74, 6) is 1.22. The second-order valence-corrected chi connectivity index (χ2v) is 6.42. The Bertz CT molecular complexity index is 835. The highest BCUT2D eigenvalue weighted by Crippen LogP contribution is 2.27. The second-order valence-electron chi connectivity index (χ2n) is 6.42. The highest BCUT2D eigenvalue weighted by molar-refractivity contribution is 6.04. The molecule has 0 aliphatic heterocycles. The molecule has 1 aliphatic rings. The van der Waals surface area contributed by atoms with Gasteiger partial charge in [-0.2, -0.15) is 0 Å². The summed E-state index contributed by atoms with van der Waals surface area (Å²) >= 11 is 0. The Balaban J connectivity index is 1.89. The van der Waals surface area contributed by atoms with Crippen LogP contribution in [0.1, 0.15) is 35.0 Å². The van der Waals surface area contributed by atoms with E-state index in [4.69, 9.17) is 9.47 Å². The molecule has 2 N–H and O–H groups in total. The van der Waals surface area contributed by atoms with Crippen LogP contribution in [0.3, 0.4) is 0 Å². The molecule has 25 heavy (non-hydrogen) atoms. The molecular formula is C19H22N2O4. The molecular weight excluding hydrogens is 320 g/mol. The topological polar surface area (TPSA) is 80.4 Å². The Morgan fingerprint density at radius 1 is 1.16 bits per heavy atom. The first-order chi connectivity index (χ1) is 12.0. The van der Waals surface area contributed by atoms with Crippen LogP contribution in [0.5, 0.6) is 11.5 Å². The number of rotatable bonds is 4. The van der Waals surface area contributed by atoms with Crippen molar-refractivity contribution in [2.75, 3.05) is 19.5 Å². The zero-order valence-corrected chi connectivity index (χ0v) is 14.6. The van der Waals surface area contributed by atoms with Gasteiger partial charge in [-0.25, -0.2) is 0 Å². The fraction of sp³-hybridized carbons (Fsp3) is 0.368. The molecule has 1 aliphatic carbocycles. The van der Waals surface area contributed by atoms with Crippen LogP contribution in [-0.2, 0) is 12.8 Å². The molecule has 0 spiro atoms. The third kappa shape index (κ3) is 3.68. The number of aromatic nitrogens is 1. The summed E-state index contributed by atoms with van der Waals surface area (Å²) in [6.45, 7) is 2.18. The number of carbonyl (C=O) groups is 1. The first kappa shape index (κ1) is 17.1. The molecule has 0 fully saturated rings. The molecule has 1 aromatic carbocycles. The van der Waals surface area contributed by atoms with E-state index in [1.165, 1.54) is 14.2 Å². The SMILES string of the molecule is COc1cc(NC(=O)c2cc3c([nH]c2=O)CCC(C)C3)cc(OC)c1. The normalized spacial score (nSPS) is 16.0. The number of fused-ring (bicyclic) bond motifs is 1. The lowest BCUT2D eigenvalue weighted by Gasteiger charge is -2.21. The molecule has 1 aromatic heterocycles. The Morgan fingerprint density at radius 3 is 2.48 bits per heavy atom. The lowest BCUT2D eigenvalue weighted by molar-refractivity contribution is 0.102. The Morgan fingerprint density at radius 2 is 1.84 bits per heavy atom. The van der Waals surface area contributed by atoms with Gasteiger partial charge in [0.2, 0.25) is 0 Å². The van der Waals surface area contributed by atoms with Crippen molar-refractivity contribution in [3.8, 4) is 11.5 Å². The number of benzene rings is 1. The number of aryl methyl sites for hydroxylation is 1. The van der Waals surface area contributed by atoms with E-state index in [1.54, 1.807) is 24.3 Å². The van der Waals surface area contributed by atoms with Gasteiger partial charge < -0.3 is 19.8 Å². The first-order valence-corrected chi connectivity index (χ1v) is 8.29. The Kier molecular flexibility index (Phi) is 4.79. The zero-order chi connectivity index (χ0) is 18.0. The van der Waals surface area contributed by atoms with Gasteiger partial charge in [-0.15, -0.1) is 0 Å². The van der Waals surface area contributed by atoms with Gasteiger partial charge >= 0.3 is 0 Å². The van der Waals surface area contributed by atoms with Crippen molar-refractivity contribution in [1.29, 1.82) is 0 Å². The van der Waals surface area contributed by atoms with Crippen LogP contribution in [0.4, 0.5) is 5.69 Å². The van der Waals surface area contributed by atoms with Crippen LogP contribution in [0, 0.1) is 5.92 Å². The van der Waals surface area contributed by atoms with Crippen molar-refractivity contribution in [2.24, 2.45) is 5.92 Å². The zero-order valence-electron chi connectivity index (χ0n) is 14.6. The molecule has 2 aromatic rings. The van der Waals surface area contributed by atoms with Crippen molar-refractivity contribution in [2.45, 2.75) is 26.2 Å². The fourth-order valence-corrected chi connectivity index (χ4v) is 3.13. The molecule has 0 radical (unpaired) electrons. The largest absolute Gasteiger partial charge is 0.497 e. The van der Waals surface area contributed by atoms with Crippen molar-refractivity contribution in [3.05, 3.63) is 51.4 Å². The predicted octanol–water partition coefficient (Wildman–Crippen LogP) is 2.77. The van der Waals surface area contributed by atoms with E-state index in [0.29, 0.717) is 23.1 Å². The average molecular weight is 342 g/mol. The number of aromatic amines is 1. The maximum atomic E-state index is 12.6.